The Balaban J connectivity index is 0.00000153. The molecule has 0 spiro atoms. The molecule has 6 heteroatoms. The molecule has 5 aromatic rings. The van der Waals surface area contributed by atoms with Crippen molar-refractivity contribution < 1.29 is 0 Å². The molecular weight excluding hydrogens is 451 g/mol. The standard InChI is InChI=1S/C27H28N4.2ClH/c1-3-29(4-2)18-19-30-25-12-8-9-13-26(25)31-20-24(28-27(30)31)23-16-14-22(15-17-23)21-10-6-5-7-11-21;;/h5-17,20H,3-4,18-19H2,1-2H3;2*1H. The zero-order valence-electron chi connectivity index (χ0n) is 19.0. The van der Waals surface area contributed by atoms with E-state index in [1.54, 1.807) is 0 Å². The summed E-state index contributed by atoms with van der Waals surface area (Å²) in [6, 6.07) is 27.8. The van der Waals surface area contributed by atoms with Gasteiger partial charge in [0, 0.05) is 24.8 Å². The lowest BCUT2D eigenvalue weighted by Crippen LogP contribution is -2.27. The zero-order valence-corrected chi connectivity index (χ0v) is 20.6. The molecule has 2 heterocycles. The highest BCUT2D eigenvalue weighted by Crippen LogP contribution is 2.27. The van der Waals surface area contributed by atoms with Gasteiger partial charge in [0.25, 0.3) is 0 Å². The van der Waals surface area contributed by atoms with Gasteiger partial charge in [0.2, 0.25) is 5.78 Å². The average molecular weight is 481 g/mol. The number of nitrogens with zero attached hydrogens (tertiary/aromatic N) is 4. The number of aromatic nitrogens is 3. The van der Waals surface area contributed by atoms with Crippen LogP contribution in [-0.4, -0.2) is 38.5 Å². The fraction of sp³-hybridized carbons (Fsp3) is 0.222. The van der Waals surface area contributed by atoms with Crippen molar-refractivity contribution >= 4 is 41.6 Å². The summed E-state index contributed by atoms with van der Waals surface area (Å²) < 4.78 is 4.59. The molecule has 0 fully saturated rings. The molecule has 0 saturated heterocycles. The highest BCUT2D eigenvalue weighted by Gasteiger charge is 2.15. The summed E-state index contributed by atoms with van der Waals surface area (Å²) in [6.07, 6.45) is 2.17. The number of hydrogen-bond donors (Lipinski definition) is 0. The lowest BCUT2D eigenvalue weighted by molar-refractivity contribution is 0.293. The summed E-state index contributed by atoms with van der Waals surface area (Å²) in [5.74, 6) is 1.01. The molecule has 0 bridgehead atoms. The van der Waals surface area contributed by atoms with E-state index in [2.05, 4.69) is 107 Å². The predicted octanol–water partition coefficient (Wildman–Crippen LogP) is 6.81. The maximum absolute atomic E-state index is 5.06. The summed E-state index contributed by atoms with van der Waals surface area (Å²) in [5.41, 5.74) is 7.06. The lowest BCUT2D eigenvalue weighted by atomic mass is 10.0. The molecule has 33 heavy (non-hydrogen) atoms. The quantitative estimate of drug-likeness (QED) is 0.255. The van der Waals surface area contributed by atoms with Crippen molar-refractivity contribution in [2.75, 3.05) is 19.6 Å². The van der Waals surface area contributed by atoms with Crippen molar-refractivity contribution in [2.45, 2.75) is 20.4 Å². The highest BCUT2D eigenvalue weighted by atomic mass is 35.5. The van der Waals surface area contributed by atoms with Crippen LogP contribution in [0, 0.1) is 0 Å². The third-order valence-corrected chi connectivity index (χ3v) is 6.18. The van der Waals surface area contributed by atoms with Gasteiger partial charge in [0.05, 0.1) is 16.7 Å². The van der Waals surface area contributed by atoms with Gasteiger partial charge in [-0.2, -0.15) is 0 Å². The van der Waals surface area contributed by atoms with Crippen molar-refractivity contribution in [2.24, 2.45) is 0 Å². The number of fused-ring (bicyclic) bond motifs is 3. The molecule has 0 amide bonds. The zero-order chi connectivity index (χ0) is 21.2. The number of rotatable bonds is 7. The Kier molecular flexibility index (Phi) is 8.20. The largest absolute Gasteiger partial charge is 0.308 e. The van der Waals surface area contributed by atoms with E-state index in [1.807, 2.05) is 6.07 Å². The van der Waals surface area contributed by atoms with E-state index in [1.165, 1.54) is 22.2 Å². The first-order valence-corrected chi connectivity index (χ1v) is 11.1. The minimum atomic E-state index is 0. The molecule has 0 N–H and O–H groups in total. The summed E-state index contributed by atoms with van der Waals surface area (Å²) >= 11 is 0. The first-order chi connectivity index (χ1) is 15.3. The number of imidazole rings is 2. The molecule has 0 aliphatic carbocycles. The molecule has 0 unspecified atom stereocenters. The molecule has 0 saturated carbocycles. The molecule has 3 aromatic carbocycles. The normalized spacial score (nSPS) is 11.0. The third kappa shape index (κ3) is 4.79. The third-order valence-electron chi connectivity index (χ3n) is 6.18. The van der Waals surface area contributed by atoms with Crippen LogP contribution in [0.4, 0.5) is 0 Å². The number of likely N-dealkylation sites (N-methyl/N-ethyl adjacent to an activating group) is 1. The first kappa shape index (κ1) is 24.8. The topological polar surface area (TPSA) is 25.5 Å². The monoisotopic (exact) mass is 480 g/mol. The molecule has 2 aromatic heterocycles. The average Bonchev–Trinajstić information content (AvgIpc) is 3.39. The van der Waals surface area contributed by atoms with Crippen LogP contribution in [0.15, 0.2) is 85.1 Å². The van der Waals surface area contributed by atoms with E-state index in [4.69, 9.17) is 4.98 Å². The van der Waals surface area contributed by atoms with E-state index in [-0.39, 0.29) is 24.8 Å². The van der Waals surface area contributed by atoms with Crippen LogP contribution < -0.4 is 0 Å². The van der Waals surface area contributed by atoms with E-state index >= 15 is 0 Å². The number of para-hydroxylation sites is 2. The van der Waals surface area contributed by atoms with Crippen LogP contribution in [0.5, 0.6) is 0 Å². The first-order valence-electron chi connectivity index (χ1n) is 11.1. The second-order valence-electron chi connectivity index (χ2n) is 7.91. The predicted molar refractivity (Wildman–Crippen MR) is 144 cm³/mol. The summed E-state index contributed by atoms with van der Waals surface area (Å²) in [4.78, 5) is 7.52. The van der Waals surface area contributed by atoms with Crippen LogP contribution in [0.2, 0.25) is 0 Å². The minimum absolute atomic E-state index is 0. The van der Waals surface area contributed by atoms with Gasteiger partial charge in [-0.15, -0.1) is 24.8 Å². The molecule has 0 aliphatic rings. The fourth-order valence-corrected chi connectivity index (χ4v) is 4.35. The highest BCUT2D eigenvalue weighted by molar-refractivity contribution is 5.85. The van der Waals surface area contributed by atoms with Crippen molar-refractivity contribution in [3.05, 3.63) is 85.1 Å². The molecule has 172 valence electrons. The molecular formula is C27H30Cl2N4. The van der Waals surface area contributed by atoms with Gasteiger partial charge >= 0.3 is 0 Å². The Morgan fingerprint density at radius 2 is 1.27 bits per heavy atom. The van der Waals surface area contributed by atoms with Crippen molar-refractivity contribution in [1.82, 2.24) is 18.9 Å². The van der Waals surface area contributed by atoms with Crippen LogP contribution in [-0.2, 0) is 6.54 Å². The molecule has 4 nitrogen and oxygen atoms in total. The Labute approximate surface area is 207 Å². The Hall–Kier alpha value is -2.79. The van der Waals surface area contributed by atoms with Crippen LogP contribution >= 0.6 is 24.8 Å². The summed E-state index contributed by atoms with van der Waals surface area (Å²) in [6.45, 7) is 8.54. The molecule has 0 radical (unpaired) electrons. The lowest BCUT2D eigenvalue weighted by Gasteiger charge is -2.18. The van der Waals surface area contributed by atoms with Gasteiger partial charge < -0.3 is 9.47 Å². The van der Waals surface area contributed by atoms with E-state index in [9.17, 15) is 0 Å². The van der Waals surface area contributed by atoms with Gasteiger partial charge in [-0.05, 0) is 36.3 Å². The van der Waals surface area contributed by atoms with Crippen LogP contribution in [0.25, 0.3) is 39.2 Å². The molecule has 5 rings (SSSR count). The maximum atomic E-state index is 5.06. The second kappa shape index (κ2) is 10.9. The van der Waals surface area contributed by atoms with Crippen LogP contribution in [0.1, 0.15) is 13.8 Å². The van der Waals surface area contributed by atoms with E-state index in [0.717, 1.165) is 43.2 Å². The number of benzene rings is 3. The van der Waals surface area contributed by atoms with Gasteiger partial charge in [-0.3, -0.25) is 4.40 Å². The Morgan fingerprint density at radius 3 is 1.94 bits per heavy atom. The number of halogens is 2. The Bertz CT molecular complexity index is 1300. The number of hydrogen-bond acceptors (Lipinski definition) is 2. The van der Waals surface area contributed by atoms with Crippen molar-refractivity contribution in [1.29, 1.82) is 0 Å². The molecule has 0 aliphatic heterocycles. The molecule has 0 atom stereocenters. The van der Waals surface area contributed by atoms with Crippen LogP contribution in [0.3, 0.4) is 0 Å². The Morgan fingerprint density at radius 1 is 0.697 bits per heavy atom. The second-order valence-corrected chi connectivity index (χ2v) is 7.91. The summed E-state index contributed by atoms with van der Waals surface area (Å²) in [7, 11) is 0. The summed E-state index contributed by atoms with van der Waals surface area (Å²) in [5, 5.41) is 0. The van der Waals surface area contributed by atoms with E-state index < -0.39 is 0 Å². The SMILES string of the molecule is CCN(CC)CCn1c2ccccc2n2cc(-c3ccc(-c4ccccc4)cc3)nc12.Cl.Cl. The van der Waals surface area contributed by atoms with E-state index in [0.29, 0.717) is 0 Å². The minimum Gasteiger partial charge on any atom is -0.308 e. The van der Waals surface area contributed by atoms with Crippen molar-refractivity contribution in [3.63, 3.8) is 0 Å². The van der Waals surface area contributed by atoms with Crippen molar-refractivity contribution in [3.8, 4) is 22.4 Å². The smallest absolute Gasteiger partial charge is 0.215 e. The van der Waals surface area contributed by atoms with Gasteiger partial charge in [0.15, 0.2) is 0 Å². The fourth-order valence-electron chi connectivity index (χ4n) is 4.35. The van der Waals surface area contributed by atoms with Gasteiger partial charge in [-0.1, -0.05) is 80.6 Å². The maximum Gasteiger partial charge on any atom is 0.215 e. The van der Waals surface area contributed by atoms with Gasteiger partial charge in [-0.25, -0.2) is 4.98 Å². The van der Waals surface area contributed by atoms with Gasteiger partial charge in [0.1, 0.15) is 0 Å².